The Morgan fingerprint density at radius 2 is 1.27 bits per heavy atom. The van der Waals surface area contributed by atoms with Gasteiger partial charge in [-0.25, -0.2) is 4.79 Å². The van der Waals surface area contributed by atoms with E-state index >= 15 is 0 Å². The highest BCUT2D eigenvalue weighted by Gasteiger charge is 2.11. The van der Waals surface area contributed by atoms with Gasteiger partial charge in [0.05, 0.1) is 11.4 Å². The smallest absolute Gasteiger partial charge is 0.314 e. The number of urea groups is 1. The van der Waals surface area contributed by atoms with Crippen LogP contribution in [0.15, 0.2) is 12.1 Å². The summed E-state index contributed by atoms with van der Waals surface area (Å²) in [5.74, 6) is 0.622. The molecule has 2 amide bonds. The molecule has 0 saturated carbocycles. The molecule has 0 spiro atoms. The van der Waals surface area contributed by atoms with Crippen LogP contribution in [0, 0.1) is 39.5 Å². The molecule has 0 radical (unpaired) electrons. The van der Waals surface area contributed by atoms with Crippen molar-refractivity contribution < 1.29 is 4.79 Å². The molecule has 0 aliphatic carbocycles. The number of carbonyl (C=O) groups excluding carboxylic acids is 1. The van der Waals surface area contributed by atoms with E-state index in [0.717, 1.165) is 35.9 Å². The first-order valence-corrected chi connectivity index (χ1v) is 9.28. The molecule has 26 heavy (non-hydrogen) atoms. The summed E-state index contributed by atoms with van der Waals surface area (Å²) in [7, 11) is 0. The maximum absolute atomic E-state index is 12.0. The second-order valence-electron chi connectivity index (χ2n) is 7.52. The van der Waals surface area contributed by atoms with Gasteiger partial charge in [-0.2, -0.15) is 10.2 Å². The van der Waals surface area contributed by atoms with Crippen LogP contribution in [-0.2, 0) is 13.1 Å². The maximum Gasteiger partial charge on any atom is 0.314 e. The molecule has 2 N–H and O–H groups in total. The van der Waals surface area contributed by atoms with E-state index in [2.05, 4.69) is 60.7 Å². The Kier molecular flexibility index (Phi) is 6.83. The lowest BCUT2D eigenvalue weighted by Crippen LogP contribution is -2.40. The molecule has 0 aliphatic rings. The van der Waals surface area contributed by atoms with Crippen molar-refractivity contribution in [2.75, 3.05) is 13.1 Å². The normalized spacial score (nSPS) is 13.5. The molecule has 2 aromatic rings. The van der Waals surface area contributed by atoms with Gasteiger partial charge in [-0.1, -0.05) is 13.8 Å². The molecule has 0 fully saturated rings. The monoisotopic (exact) mass is 360 g/mol. The number of amides is 2. The molecular weight excluding hydrogens is 328 g/mol. The van der Waals surface area contributed by atoms with Gasteiger partial charge in [0.1, 0.15) is 0 Å². The molecule has 2 rings (SSSR count). The number of aromatic nitrogens is 4. The molecule has 144 valence electrons. The van der Waals surface area contributed by atoms with E-state index in [1.807, 2.05) is 23.2 Å². The second kappa shape index (κ2) is 8.87. The maximum atomic E-state index is 12.0. The number of rotatable bonds is 8. The molecule has 7 nitrogen and oxygen atoms in total. The van der Waals surface area contributed by atoms with E-state index in [1.54, 1.807) is 0 Å². The molecule has 0 aromatic carbocycles. The van der Waals surface area contributed by atoms with E-state index < -0.39 is 0 Å². The van der Waals surface area contributed by atoms with Crippen LogP contribution in [0.3, 0.4) is 0 Å². The Bertz CT molecular complexity index is 672. The van der Waals surface area contributed by atoms with Crippen LogP contribution in [0.25, 0.3) is 0 Å². The van der Waals surface area contributed by atoms with Crippen LogP contribution in [0.2, 0.25) is 0 Å². The molecule has 0 aliphatic heterocycles. The van der Waals surface area contributed by atoms with E-state index in [4.69, 9.17) is 0 Å². The fourth-order valence-electron chi connectivity index (χ4n) is 3.04. The average Bonchev–Trinajstić information content (AvgIpc) is 3.03. The Morgan fingerprint density at radius 3 is 1.58 bits per heavy atom. The summed E-state index contributed by atoms with van der Waals surface area (Å²) in [4.78, 5) is 12.0. The zero-order chi connectivity index (χ0) is 19.3. The van der Waals surface area contributed by atoms with Crippen molar-refractivity contribution >= 4 is 6.03 Å². The molecule has 2 unspecified atom stereocenters. The van der Waals surface area contributed by atoms with E-state index in [9.17, 15) is 4.79 Å². The standard InChI is InChI=1S/C19H32N6O/c1-13(11-24-17(5)7-15(3)22-24)9-20-19(26)21-10-14(2)12-25-18(6)8-16(4)23-25/h7-8,13-14H,9-12H2,1-6H3,(H2,20,21,26). The average molecular weight is 361 g/mol. The van der Waals surface area contributed by atoms with Crippen LogP contribution in [0.1, 0.15) is 36.6 Å². The molecule has 2 heterocycles. The predicted octanol–water partition coefficient (Wildman–Crippen LogP) is 2.58. The van der Waals surface area contributed by atoms with Crippen LogP contribution < -0.4 is 10.6 Å². The zero-order valence-corrected chi connectivity index (χ0v) is 16.8. The minimum absolute atomic E-state index is 0.120. The van der Waals surface area contributed by atoms with Gasteiger partial charge in [0.25, 0.3) is 0 Å². The first-order chi connectivity index (χ1) is 12.2. The third-order valence-corrected chi connectivity index (χ3v) is 4.40. The molecule has 0 saturated heterocycles. The number of nitrogens with one attached hydrogen (secondary N) is 2. The number of hydrogen-bond acceptors (Lipinski definition) is 3. The summed E-state index contributed by atoms with van der Waals surface area (Å²) in [6.45, 7) is 15.2. The first-order valence-electron chi connectivity index (χ1n) is 9.28. The van der Waals surface area contributed by atoms with Gasteiger partial charge in [-0.05, 0) is 51.7 Å². The van der Waals surface area contributed by atoms with Crippen LogP contribution in [0.5, 0.6) is 0 Å². The summed E-state index contributed by atoms with van der Waals surface area (Å²) in [6, 6.07) is 4.01. The van der Waals surface area contributed by atoms with Crippen molar-refractivity contribution in [1.82, 2.24) is 30.2 Å². The summed E-state index contributed by atoms with van der Waals surface area (Å²) in [6.07, 6.45) is 0. The Labute approximate surface area is 156 Å². The zero-order valence-electron chi connectivity index (χ0n) is 16.8. The number of carbonyl (C=O) groups is 1. The van der Waals surface area contributed by atoms with Crippen LogP contribution >= 0.6 is 0 Å². The van der Waals surface area contributed by atoms with Crippen LogP contribution in [-0.4, -0.2) is 38.7 Å². The second-order valence-corrected chi connectivity index (χ2v) is 7.52. The quantitative estimate of drug-likeness (QED) is 0.760. The highest BCUT2D eigenvalue weighted by Crippen LogP contribution is 2.07. The number of hydrogen-bond donors (Lipinski definition) is 2. The molecular formula is C19H32N6O. The minimum atomic E-state index is -0.120. The van der Waals surface area contributed by atoms with E-state index in [1.165, 1.54) is 0 Å². The van der Waals surface area contributed by atoms with Crippen LogP contribution in [0.4, 0.5) is 4.79 Å². The minimum Gasteiger partial charge on any atom is -0.338 e. The largest absolute Gasteiger partial charge is 0.338 e. The van der Waals surface area contributed by atoms with E-state index in [-0.39, 0.29) is 6.03 Å². The van der Waals surface area contributed by atoms with Gasteiger partial charge in [0.15, 0.2) is 0 Å². The van der Waals surface area contributed by atoms with Crippen molar-refractivity contribution in [2.24, 2.45) is 11.8 Å². The Hall–Kier alpha value is -2.31. The number of aryl methyl sites for hydroxylation is 4. The Morgan fingerprint density at radius 1 is 0.885 bits per heavy atom. The van der Waals surface area contributed by atoms with Crippen molar-refractivity contribution in [3.8, 4) is 0 Å². The summed E-state index contributed by atoms with van der Waals surface area (Å²) in [5.41, 5.74) is 4.35. The summed E-state index contributed by atoms with van der Waals surface area (Å²) < 4.78 is 3.99. The van der Waals surface area contributed by atoms with Gasteiger partial charge in [-0.15, -0.1) is 0 Å². The molecule has 2 atom stereocenters. The SMILES string of the molecule is Cc1cc(C)n(CC(C)CNC(=O)NCC(C)Cn2nc(C)cc2C)n1. The predicted molar refractivity (Wildman–Crippen MR) is 103 cm³/mol. The van der Waals surface area contributed by atoms with Crippen molar-refractivity contribution in [3.05, 3.63) is 34.9 Å². The van der Waals surface area contributed by atoms with Gasteiger partial charge in [0.2, 0.25) is 0 Å². The fourth-order valence-corrected chi connectivity index (χ4v) is 3.04. The lowest BCUT2D eigenvalue weighted by Gasteiger charge is -2.16. The molecule has 2 aromatic heterocycles. The van der Waals surface area contributed by atoms with E-state index in [0.29, 0.717) is 24.9 Å². The molecule has 7 heteroatoms. The van der Waals surface area contributed by atoms with Gasteiger partial charge in [-0.3, -0.25) is 9.36 Å². The third-order valence-electron chi connectivity index (χ3n) is 4.40. The van der Waals surface area contributed by atoms with Crippen molar-refractivity contribution in [2.45, 2.75) is 54.6 Å². The van der Waals surface area contributed by atoms with Crippen molar-refractivity contribution in [3.63, 3.8) is 0 Å². The van der Waals surface area contributed by atoms with Gasteiger partial charge >= 0.3 is 6.03 Å². The van der Waals surface area contributed by atoms with Gasteiger partial charge in [0, 0.05) is 37.6 Å². The summed E-state index contributed by atoms with van der Waals surface area (Å²) in [5, 5.41) is 14.8. The third kappa shape index (κ3) is 5.89. The lowest BCUT2D eigenvalue weighted by atomic mass is 10.2. The van der Waals surface area contributed by atoms with Gasteiger partial charge < -0.3 is 10.6 Å². The molecule has 0 bridgehead atoms. The highest BCUT2D eigenvalue weighted by molar-refractivity contribution is 5.73. The highest BCUT2D eigenvalue weighted by atomic mass is 16.2. The Balaban J connectivity index is 1.68. The topological polar surface area (TPSA) is 76.8 Å². The van der Waals surface area contributed by atoms with Crippen molar-refractivity contribution in [1.29, 1.82) is 0 Å². The summed E-state index contributed by atoms with van der Waals surface area (Å²) >= 11 is 0. The fraction of sp³-hybridized carbons (Fsp3) is 0.632. The first kappa shape index (κ1) is 20.0. The number of nitrogens with zero attached hydrogens (tertiary/aromatic N) is 4. The lowest BCUT2D eigenvalue weighted by molar-refractivity contribution is 0.236.